The van der Waals surface area contributed by atoms with E-state index in [0.29, 0.717) is 22.6 Å². The number of amides is 2. The summed E-state index contributed by atoms with van der Waals surface area (Å²) in [5.74, 6) is -0.313. The number of hydrogen-bond acceptors (Lipinski definition) is 4. The third-order valence-corrected chi connectivity index (χ3v) is 4.07. The number of ether oxygens (including phenoxy) is 1. The number of carbonyl (C=O) groups excluding carboxylic acids is 3. The molecule has 2 aromatic rings. The predicted octanol–water partition coefficient (Wildman–Crippen LogP) is 2.10. The molecule has 1 heterocycles. The van der Waals surface area contributed by atoms with Gasteiger partial charge in [-0.1, -0.05) is 30.3 Å². The van der Waals surface area contributed by atoms with E-state index in [0.717, 1.165) is 0 Å². The minimum absolute atomic E-state index is 0.125. The Morgan fingerprint density at radius 2 is 1.88 bits per heavy atom. The standard InChI is InChI=1S/C19H18N2O4/c1-12(22)14-8-9-16-15(10-14)21(11-17(23)20-2)19(24)18(25-16)13-6-4-3-5-7-13/h3-10,18H,11H2,1-2H3,(H,20,23). The first-order chi connectivity index (χ1) is 12.0. The van der Waals surface area contributed by atoms with Gasteiger partial charge in [0.25, 0.3) is 5.91 Å². The van der Waals surface area contributed by atoms with Crippen LogP contribution in [0.4, 0.5) is 5.69 Å². The van der Waals surface area contributed by atoms with Gasteiger partial charge in [-0.05, 0) is 25.1 Å². The monoisotopic (exact) mass is 338 g/mol. The van der Waals surface area contributed by atoms with E-state index in [1.807, 2.05) is 18.2 Å². The summed E-state index contributed by atoms with van der Waals surface area (Å²) >= 11 is 0. The van der Waals surface area contributed by atoms with Crippen LogP contribution in [0.2, 0.25) is 0 Å². The molecule has 0 spiro atoms. The van der Waals surface area contributed by atoms with E-state index in [2.05, 4.69) is 5.32 Å². The molecule has 1 aliphatic heterocycles. The molecule has 1 aliphatic rings. The van der Waals surface area contributed by atoms with Gasteiger partial charge in [0.2, 0.25) is 12.0 Å². The SMILES string of the molecule is CNC(=O)CN1C(=O)C(c2ccccc2)Oc2ccc(C(C)=O)cc21. The second-order valence-electron chi connectivity index (χ2n) is 5.74. The van der Waals surface area contributed by atoms with Gasteiger partial charge < -0.3 is 10.1 Å². The molecule has 1 unspecified atom stereocenters. The fourth-order valence-electron chi connectivity index (χ4n) is 2.71. The number of fused-ring (bicyclic) bond motifs is 1. The van der Waals surface area contributed by atoms with Crippen molar-refractivity contribution >= 4 is 23.3 Å². The number of likely N-dealkylation sites (N-methyl/N-ethyl adjacent to an activating group) is 1. The van der Waals surface area contributed by atoms with Crippen molar-refractivity contribution in [1.82, 2.24) is 5.32 Å². The number of hydrogen-bond donors (Lipinski definition) is 1. The topological polar surface area (TPSA) is 75.7 Å². The number of carbonyl (C=O) groups is 3. The fourth-order valence-corrected chi connectivity index (χ4v) is 2.71. The van der Waals surface area contributed by atoms with Crippen LogP contribution < -0.4 is 15.0 Å². The quantitative estimate of drug-likeness (QED) is 0.866. The largest absolute Gasteiger partial charge is 0.474 e. The number of anilines is 1. The van der Waals surface area contributed by atoms with E-state index in [1.54, 1.807) is 30.3 Å². The summed E-state index contributed by atoms with van der Waals surface area (Å²) < 4.78 is 5.88. The van der Waals surface area contributed by atoms with Crippen LogP contribution in [0.25, 0.3) is 0 Å². The summed E-state index contributed by atoms with van der Waals surface area (Å²) in [7, 11) is 1.51. The van der Waals surface area contributed by atoms with Gasteiger partial charge in [-0.25, -0.2) is 0 Å². The molecule has 0 bridgehead atoms. The van der Waals surface area contributed by atoms with Crippen molar-refractivity contribution in [2.24, 2.45) is 0 Å². The van der Waals surface area contributed by atoms with Crippen molar-refractivity contribution in [1.29, 1.82) is 0 Å². The van der Waals surface area contributed by atoms with Crippen LogP contribution in [-0.2, 0) is 9.59 Å². The molecular formula is C19H18N2O4. The highest BCUT2D eigenvalue weighted by atomic mass is 16.5. The summed E-state index contributed by atoms with van der Waals surface area (Å²) in [5, 5.41) is 2.52. The highest BCUT2D eigenvalue weighted by Gasteiger charge is 2.36. The Hall–Kier alpha value is -3.15. The Balaban J connectivity index is 2.07. The summed E-state index contributed by atoms with van der Waals surface area (Å²) in [5.41, 5.74) is 1.58. The van der Waals surface area contributed by atoms with E-state index in [4.69, 9.17) is 4.74 Å². The van der Waals surface area contributed by atoms with Gasteiger partial charge in [-0.2, -0.15) is 0 Å². The molecule has 0 aromatic heterocycles. The average Bonchev–Trinajstić information content (AvgIpc) is 2.63. The Kier molecular flexibility index (Phi) is 4.52. The molecular weight excluding hydrogens is 320 g/mol. The first kappa shape index (κ1) is 16.7. The summed E-state index contributed by atoms with van der Waals surface area (Å²) in [6.07, 6.45) is -0.832. The minimum Gasteiger partial charge on any atom is -0.474 e. The van der Waals surface area contributed by atoms with Crippen molar-refractivity contribution < 1.29 is 19.1 Å². The van der Waals surface area contributed by atoms with Gasteiger partial charge in [0.15, 0.2) is 5.78 Å². The number of benzene rings is 2. The molecule has 6 heteroatoms. The Morgan fingerprint density at radius 3 is 2.52 bits per heavy atom. The fraction of sp³-hybridized carbons (Fsp3) is 0.211. The second-order valence-corrected chi connectivity index (χ2v) is 5.74. The number of ketones is 1. The van der Waals surface area contributed by atoms with Crippen LogP contribution in [0.5, 0.6) is 5.75 Å². The molecule has 1 atom stereocenters. The van der Waals surface area contributed by atoms with Gasteiger partial charge in [0.1, 0.15) is 12.3 Å². The maximum atomic E-state index is 13.0. The molecule has 2 amide bonds. The predicted molar refractivity (Wildman–Crippen MR) is 92.7 cm³/mol. The summed E-state index contributed by atoms with van der Waals surface area (Å²) in [6, 6.07) is 14.0. The van der Waals surface area contributed by atoms with Crippen LogP contribution in [0.15, 0.2) is 48.5 Å². The smallest absolute Gasteiger partial charge is 0.273 e. The Morgan fingerprint density at radius 1 is 1.16 bits per heavy atom. The third kappa shape index (κ3) is 3.24. The summed E-state index contributed by atoms with van der Waals surface area (Å²) in [4.78, 5) is 37.9. The highest BCUT2D eigenvalue weighted by Crippen LogP contribution is 2.39. The number of nitrogens with one attached hydrogen (secondary N) is 1. The van der Waals surface area contributed by atoms with E-state index in [9.17, 15) is 14.4 Å². The van der Waals surface area contributed by atoms with Gasteiger partial charge in [0, 0.05) is 18.2 Å². The van der Waals surface area contributed by atoms with Gasteiger partial charge >= 0.3 is 0 Å². The van der Waals surface area contributed by atoms with Crippen molar-refractivity contribution in [3.8, 4) is 5.75 Å². The zero-order valence-electron chi connectivity index (χ0n) is 14.0. The Bertz CT molecular complexity index is 833. The van der Waals surface area contributed by atoms with Crippen LogP contribution >= 0.6 is 0 Å². The molecule has 128 valence electrons. The first-order valence-corrected chi connectivity index (χ1v) is 7.90. The molecule has 1 N–H and O–H groups in total. The van der Waals surface area contributed by atoms with Crippen LogP contribution in [0.1, 0.15) is 28.9 Å². The Labute approximate surface area is 145 Å². The molecule has 0 saturated carbocycles. The average molecular weight is 338 g/mol. The molecule has 6 nitrogen and oxygen atoms in total. The van der Waals surface area contributed by atoms with Crippen LogP contribution in [0, 0.1) is 0 Å². The lowest BCUT2D eigenvalue weighted by molar-refractivity contribution is -0.129. The van der Waals surface area contributed by atoms with Crippen molar-refractivity contribution in [2.75, 3.05) is 18.5 Å². The first-order valence-electron chi connectivity index (χ1n) is 7.90. The van der Waals surface area contributed by atoms with E-state index >= 15 is 0 Å². The number of Topliss-reactive ketones (excluding diaryl/α,β-unsaturated/α-hetero) is 1. The lowest BCUT2D eigenvalue weighted by atomic mass is 10.0. The molecule has 0 radical (unpaired) electrons. The van der Waals surface area contributed by atoms with E-state index in [1.165, 1.54) is 18.9 Å². The lowest BCUT2D eigenvalue weighted by Gasteiger charge is -2.34. The van der Waals surface area contributed by atoms with E-state index < -0.39 is 6.10 Å². The van der Waals surface area contributed by atoms with Crippen molar-refractivity contribution in [2.45, 2.75) is 13.0 Å². The number of nitrogens with zero attached hydrogens (tertiary/aromatic N) is 1. The molecule has 0 aliphatic carbocycles. The van der Waals surface area contributed by atoms with E-state index in [-0.39, 0.29) is 24.1 Å². The maximum absolute atomic E-state index is 13.0. The third-order valence-electron chi connectivity index (χ3n) is 4.07. The van der Waals surface area contributed by atoms with Gasteiger partial charge in [0.05, 0.1) is 5.69 Å². The molecule has 0 saturated heterocycles. The zero-order valence-corrected chi connectivity index (χ0v) is 14.0. The van der Waals surface area contributed by atoms with Crippen LogP contribution in [-0.4, -0.2) is 31.2 Å². The van der Waals surface area contributed by atoms with Crippen molar-refractivity contribution in [3.63, 3.8) is 0 Å². The number of rotatable bonds is 4. The molecule has 3 rings (SSSR count). The maximum Gasteiger partial charge on any atom is 0.273 e. The lowest BCUT2D eigenvalue weighted by Crippen LogP contribution is -2.46. The van der Waals surface area contributed by atoms with Gasteiger partial charge in [-0.3, -0.25) is 19.3 Å². The van der Waals surface area contributed by atoms with Crippen molar-refractivity contribution in [3.05, 3.63) is 59.7 Å². The normalized spacial score (nSPS) is 16.0. The molecule has 2 aromatic carbocycles. The molecule has 0 fully saturated rings. The molecule has 25 heavy (non-hydrogen) atoms. The zero-order chi connectivity index (χ0) is 18.0. The van der Waals surface area contributed by atoms with Gasteiger partial charge in [-0.15, -0.1) is 0 Å². The highest BCUT2D eigenvalue weighted by molar-refractivity contribution is 6.05. The summed E-state index contributed by atoms with van der Waals surface area (Å²) in [6.45, 7) is 1.31. The minimum atomic E-state index is -0.832. The second kappa shape index (κ2) is 6.76. The van der Waals surface area contributed by atoms with Crippen LogP contribution in [0.3, 0.4) is 0 Å².